The van der Waals surface area contributed by atoms with Gasteiger partial charge in [0.25, 0.3) is 0 Å². The van der Waals surface area contributed by atoms with Gasteiger partial charge in [-0.3, -0.25) is 9.59 Å². The molecule has 3 fully saturated rings. The molecule has 10 heteroatoms. The Morgan fingerprint density at radius 1 is 0.486 bits per heavy atom. The zero-order chi connectivity index (χ0) is 54.3. The van der Waals surface area contributed by atoms with Crippen LogP contribution in [0.4, 0.5) is 0 Å². The Balaban J connectivity index is 0.000000420. The molecule has 0 aromatic rings. The van der Waals surface area contributed by atoms with Crippen molar-refractivity contribution in [2.75, 3.05) is 0 Å². The number of rotatable bonds is 6. The number of aliphatic hydroxyl groups is 8. The van der Waals surface area contributed by atoms with E-state index in [2.05, 4.69) is 102 Å². The van der Waals surface area contributed by atoms with Crippen LogP contribution in [-0.4, -0.2) is 98.7 Å². The van der Waals surface area contributed by atoms with E-state index in [1.165, 1.54) is 24.0 Å². The van der Waals surface area contributed by atoms with Crippen molar-refractivity contribution in [2.45, 2.75) is 267 Å². The summed E-state index contributed by atoms with van der Waals surface area (Å²) < 4.78 is 0. The van der Waals surface area contributed by atoms with Gasteiger partial charge in [-0.25, -0.2) is 0 Å². The van der Waals surface area contributed by atoms with Crippen LogP contribution in [-0.2, 0) is 9.59 Å². The second-order valence-corrected chi connectivity index (χ2v) is 25.4. The Labute approximate surface area is 427 Å². The third-order valence-electron chi connectivity index (χ3n) is 16.7. The Hall–Kier alpha value is -2.02. The molecule has 0 heterocycles. The van der Waals surface area contributed by atoms with Gasteiger partial charge in [-0.2, -0.15) is 0 Å². The highest BCUT2D eigenvalue weighted by molar-refractivity contribution is 5.98. The Kier molecular flexibility index (Phi) is 27.0. The Morgan fingerprint density at radius 3 is 1.26 bits per heavy atom. The van der Waals surface area contributed by atoms with Crippen LogP contribution in [0.25, 0.3) is 0 Å². The van der Waals surface area contributed by atoms with Crippen LogP contribution in [0, 0.1) is 53.3 Å². The monoisotopic (exact) mass is 989 g/mol. The minimum absolute atomic E-state index is 0.0208. The number of hydrogen-bond acceptors (Lipinski definition) is 10. The van der Waals surface area contributed by atoms with E-state index in [0.29, 0.717) is 73.0 Å². The first kappa shape index (κ1) is 66.0. The standard InChI is InChI=1S/2C10H20O2.2C10H18O2.C10H16O2.C10H16/c5*1-7(2)8-4-5-10(3,12)9(11)6-8;1-8(2)10-6-4-9(3)5-7-10/h2*7-9,11-12H,4-6H2,1-3H3;7-8,12H,4-6H2,1-3H3;6-7,9,11-12H,4-5H2,1-3H3;6-7,12H,4-5H2,1-3H3;4,6,8H,5,7H2,1-3H3. The van der Waals surface area contributed by atoms with E-state index in [4.69, 9.17) is 0 Å². The molecule has 6 aliphatic rings. The quantitative estimate of drug-likeness (QED) is 0.119. The van der Waals surface area contributed by atoms with Crippen LogP contribution >= 0.6 is 0 Å². The number of carbonyl (C=O) groups excluding carboxylic acids is 2. The topological polar surface area (TPSA) is 196 Å². The van der Waals surface area contributed by atoms with Gasteiger partial charge in [0, 0.05) is 6.42 Å². The van der Waals surface area contributed by atoms with Crippen LogP contribution in [0.3, 0.4) is 0 Å². The summed E-state index contributed by atoms with van der Waals surface area (Å²) in [6, 6.07) is 0. The molecular formula is C60H108O10. The first-order chi connectivity index (χ1) is 31.9. The highest BCUT2D eigenvalue weighted by atomic mass is 16.3. The molecule has 0 spiro atoms. The van der Waals surface area contributed by atoms with Crippen LogP contribution in [0.2, 0.25) is 0 Å². The molecule has 70 heavy (non-hydrogen) atoms. The Bertz CT molecular complexity index is 1680. The van der Waals surface area contributed by atoms with Crippen molar-refractivity contribution in [2.24, 2.45) is 53.3 Å². The van der Waals surface area contributed by atoms with Crippen molar-refractivity contribution in [3.63, 3.8) is 0 Å². The number of Topliss-reactive ketones (excluding diaryl/α,β-unsaturated/α-hetero) is 1. The zero-order valence-electron chi connectivity index (χ0n) is 47.7. The minimum atomic E-state index is -1.11. The van der Waals surface area contributed by atoms with Gasteiger partial charge in [0.15, 0.2) is 11.6 Å². The molecule has 6 rings (SSSR count). The smallest absolute Gasteiger partial charge is 0.186 e. The number of hydrogen-bond donors (Lipinski definition) is 8. The predicted octanol–water partition coefficient (Wildman–Crippen LogP) is 11.3. The van der Waals surface area contributed by atoms with Crippen LogP contribution in [0.5, 0.6) is 0 Å². The fraction of sp³-hybridized carbons (Fsp3) is 0.833. The van der Waals surface area contributed by atoms with Gasteiger partial charge in [0.05, 0.1) is 29.0 Å². The number of allylic oxidation sites excluding steroid dienone is 6. The maximum absolute atomic E-state index is 11.4. The maximum atomic E-state index is 11.4. The lowest BCUT2D eigenvalue weighted by molar-refractivity contribution is -0.141. The Morgan fingerprint density at radius 2 is 0.914 bits per heavy atom. The molecule has 8 N–H and O–H groups in total. The minimum Gasteiger partial charge on any atom is -0.390 e. The molecule has 0 amide bonds. The molecule has 0 aromatic carbocycles. The lowest BCUT2D eigenvalue weighted by atomic mass is 9.73. The van der Waals surface area contributed by atoms with Crippen molar-refractivity contribution in [3.05, 3.63) is 46.6 Å². The van der Waals surface area contributed by atoms with E-state index >= 15 is 0 Å². The van der Waals surface area contributed by atoms with Gasteiger partial charge in [-0.15, -0.1) is 0 Å². The largest absolute Gasteiger partial charge is 0.390 e. The van der Waals surface area contributed by atoms with E-state index in [-0.39, 0.29) is 11.6 Å². The highest BCUT2D eigenvalue weighted by Gasteiger charge is 2.40. The first-order valence-electron chi connectivity index (χ1n) is 27.4. The second-order valence-electron chi connectivity index (χ2n) is 25.4. The first-order valence-corrected chi connectivity index (χ1v) is 27.4. The maximum Gasteiger partial charge on any atom is 0.186 e. The summed E-state index contributed by atoms with van der Waals surface area (Å²) in [5, 5.41) is 76.9. The molecule has 10 nitrogen and oxygen atoms in total. The summed E-state index contributed by atoms with van der Waals surface area (Å²) in [4.78, 5) is 22.7. The summed E-state index contributed by atoms with van der Waals surface area (Å²) in [5.74, 6) is 4.98. The van der Waals surface area contributed by atoms with Gasteiger partial charge in [0.1, 0.15) is 17.3 Å². The van der Waals surface area contributed by atoms with Crippen molar-refractivity contribution >= 4 is 11.6 Å². The van der Waals surface area contributed by atoms with Crippen LogP contribution < -0.4 is 0 Å². The SMILES string of the molecule is CC(C)C1=CC(=O)C(C)(O)CC1.CC(C)C1=CC(O)C(C)(O)CC1.CC(C)C1CCC(C)(O)C(=O)C1.CC(C)C1CCC(C)(O)C(O)C1.CC(C)C1CCC(C)(O)C(O)C1.CC1=CC=C(C(C)C)CC1. The van der Waals surface area contributed by atoms with E-state index in [9.17, 15) is 50.4 Å². The molecule has 0 saturated heterocycles. The summed E-state index contributed by atoms with van der Waals surface area (Å²) in [6.07, 6.45) is 18.9. The van der Waals surface area contributed by atoms with Gasteiger partial charge in [-0.05, 0) is 191 Å². The average molecular weight is 990 g/mol. The molecule has 408 valence electrons. The predicted molar refractivity (Wildman–Crippen MR) is 288 cm³/mol. The molecule has 3 saturated carbocycles. The van der Waals surface area contributed by atoms with E-state index in [1.54, 1.807) is 52.3 Å². The van der Waals surface area contributed by atoms with Crippen molar-refractivity contribution in [1.29, 1.82) is 0 Å². The second kappa shape index (κ2) is 28.6. The molecule has 0 bridgehead atoms. The molecule has 0 radical (unpaired) electrons. The van der Waals surface area contributed by atoms with Crippen LogP contribution in [0.15, 0.2) is 46.6 Å². The fourth-order valence-corrected chi connectivity index (χ4v) is 9.64. The number of carbonyl (C=O) groups is 2. The zero-order valence-corrected chi connectivity index (χ0v) is 47.7. The van der Waals surface area contributed by atoms with Crippen molar-refractivity contribution < 1.29 is 50.4 Å². The normalized spacial score (nSPS) is 35.6. The molecule has 0 aliphatic heterocycles. The average Bonchev–Trinajstić information content (AvgIpc) is 3.24. The molecule has 6 aliphatic carbocycles. The summed E-state index contributed by atoms with van der Waals surface area (Å²) in [5.41, 5.74) is 0.787. The van der Waals surface area contributed by atoms with Gasteiger partial charge < -0.3 is 40.9 Å². The van der Waals surface area contributed by atoms with E-state index < -0.39 is 46.3 Å². The fourth-order valence-electron chi connectivity index (χ4n) is 9.64. The van der Waals surface area contributed by atoms with Crippen molar-refractivity contribution in [3.8, 4) is 0 Å². The van der Waals surface area contributed by atoms with Gasteiger partial charge in [-0.1, -0.05) is 124 Å². The lowest BCUT2D eigenvalue weighted by Gasteiger charge is -2.39. The molecule has 11 atom stereocenters. The highest BCUT2D eigenvalue weighted by Crippen LogP contribution is 2.38. The summed E-state index contributed by atoms with van der Waals surface area (Å²) >= 11 is 0. The third-order valence-corrected chi connectivity index (χ3v) is 16.7. The van der Waals surface area contributed by atoms with E-state index in [1.807, 2.05) is 0 Å². The summed E-state index contributed by atoms with van der Waals surface area (Å²) in [6.45, 7) is 36.4. The van der Waals surface area contributed by atoms with E-state index in [0.717, 1.165) is 69.3 Å². The number of ketones is 2. The van der Waals surface area contributed by atoms with Gasteiger partial charge in [0.2, 0.25) is 0 Å². The van der Waals surface area contributed by atoms with Gasteiger partial charge >= 0.3 is 0 Å². The molecule has 11 unspecified atom stereocenters. The number of aliphatic hydroxyl groups excluding tert-OH is 3. The molecular weight excluding hydrogens is 881 g/mol. The summed E-state index contributed by atoms with van der Waals surface area (Å²) in [7, 11) is 0. The lowest BCUT2D eigenvalue weighted by Crippen LogP contribution is -2.45. The molecule has 0 aromatic heterocycles. The van der Waals surface area contributed by atoms with Crippen molar-refractivity contribution in [1.82, 2.24) is 0 Å². The third kappa shape index (κ3) is 22.2. The van der Waals surface area contributed by atoms with Crippen LogP contribution in [0.1, 0.15) is 221 Å².